The summed E-state index contributed by atoms with van der Waals surface area (Å²) in [5.41, 5.74) is 1.18. The topological polar surface area (TPSA) is 84.9 Å². The number of ether oxygens (including phenoxy) is 1. The lowest BCUT2D eigenvalue weighted by atomic mass is 10.0. The van der Waals surface area contributed by atoms with Crippen molar-refractivity contribution < 1.29 is 24.3 Å². The Balaban J connectivity index is 2.30. The van der Waals surface area contributed by atoms with E-state index in [4.69, 9.17) is 9.84 Å². The van der Waals surface area contributed by atoms with Crippen LogP contribution in [0.15, 0.2) is 0 Å². The zero-order valence-electron chi connectivity index (χ0n) is 7.91. The van der Waals surface area contributed by atoms with Crippen molar-refractivity contribution in [3.8, 4) is 0 Å². The van der Waals surface area contributed by atoms with Crippen molar-refractivity contribution in [1.82, 2.24) is 5.48 Å². The van der Waals surface area contributed by atoms with E-state index in [1.807, 2.05) is 0 Å². The largest absolute Gasteiger partial charge is 0.479 e. The van der Waals surface area contributed by atoms with Gasteiger partial charge in [-0.15, -0.1) is 0 Å². The van der Waals surface area contributed by atoms with Crippen molar-refractivity contribution >= 4 is 11.9 Å². The molecule has 0 radical (unpaired) electrons. The Kier molecular flexibility index (Phi) is 3.43. The van der Waals surface area contributed by atoms with Gasteiger partial charge in [0.15, 0.2) is 6.61 Å². The number of hydrogen-bond acceptors (Lipinski definition) is 4. The molecule has 1 unspecified atom stereocenters. The molecule has 0 aliphatic carbocycles. The van der Waals surface area contributed by atoms with Crippen molar-refractivity contribution in [3.63, 3.8) is 0 Å². The first-order valence-electron chi connectivity index (χ1n) is 4.32. The molecule has 0 aromatic carbocycles. The van der Waals surface area contributed by atoms with E-state index in [-0.39, 0.29) is 0 Å². The minimum Gasteiger partial charge on any atom is -0.479 e. The van der Waals surface area contributed by atoms with Crippen molar-refractivity contribution in [2.24, 2.45) is 0 Å². The fourth-order valence-corrected chi connectivity index (χ4v) is 1.23. The number of carbonyl (C=O) groups excluding carboxylic acids is 1. The van der Waals surface area contributed by atoms with Crippen LogP contribution in [0.25, 0.3) is 0 Å². The molecule has 1 aliphatic rings. The van der Waals surface area contributed by atoms with Crippen molar-refractivity contribution in [2.45, 2.75) is 25.4 Å². The molecule has 1 rings (SSSR count). The summed E-state index contributed by atoms with van der Waals surface area (Å²) in [6.07, 6.45) is 1.44. The number of amides is 1. The van der Waals surface area contributed by atoms with Crippen molar-refractivity contribution in [3.05, 3.63) is 0 Å². The standard InChI is InChI=1S/C8H13NO5/c1-8(3-2-4-13-8)7(12)9-14-5-6(10)11/h2-5H2,1H3,(H,9,12)(H,10,11). The summed E-state index contributed by atoms with van der Waals surface area (Å²) < 4.78 is 5.22. The summed E-state index contributed by atoms with van der Waals surface area (Å²) in [4.78, 5) is 25.9. The maximum absolute atomic E-state index is 11.4. The number of carboxylic acid groups (broad SMARTS) is 1. The molecule has 0 aromatic heterocycles. The van der Waals surface area contributed by atoms with E-state index in [2.05, 4.69) is 10.3 Å². The highest BCUT2D eigenvalue weighted by atomic mass is 16.7. The van der Waals surface area contributed by atoms with Crippen molar-refractivity contribution in [2.75, 3.05) is 13.2 Å². The predicted octanol–water partition coefficient (Wildman–Crippen LogP) is -0.312. The summed E-state index contributed by atoms with van der Waals surface area (Å²) in [5.74, 6) is -1.57. The maximum Gasteiger partial charge on any atom is 0.332 e. The highest BCUT2D eigenvalue weighted by Crippen LogP contribution is 2.24. The van der Waals surface area contributed by atoms with Gasteiger partial charge in [-0.2, -0.15) is 0 Å². The van der Waals surface area contributed by atoms with Crippen LogP contribution < -0.4 is 5.48 Å². The Hall–Kier alpha value is -1.14. The summed E-state index contributed by atoms with van der Waals surface area (Å²) >= 11 is 0. The zero-order chi connectivity index (χ0) is 10.6. The second-order valence-electron chi connectivity index (χ2n) is 3.30. The lowest BCUT2D eigenvalue weighted by molar-refractivity contribution is -0.158. The molecule has 6 nitrogen and oxygen atoms in total. The summed E-state index contributed by atoms with van der Waals surface area (Å²) in [7, 11) is 0. The lowest BCUT2D eigenvalue weighted by Gasteiger charge is -2.20. The Morgan fingerprint density at radius 2 is 2.36 bits per heavy atom. The van der Waals surface area contributed by atoms with Crippen LogP contribution in [0.2, 0.25) is 0 Å². The summed E-state index contributed by atoms with van der Waals surface area (Å²) in [6.45, 7) is 1.64. The molecule has 1 amide bonds. The van der Waals surface area contributed by atoms with Crippen LogP contribution in [0, 0.1) is 0 Å². The molecule has 0 aromatic rings. The monoisotopic (exact) mass is 203 g/mol. The predicted molar refractivity (Wildman–Crippen MR) is 45.3 cm³/mol. The fraction of sp³-hybridized carbons (Fsp3) is 0.750. The average Bonchev–Trinajstić information content (AvgIpc) is 2.52. The first kappa shape index (κ1) is 10.9. The van der Waals surface area contributed by atoms with Crippen LogP contribution in [0.1, 0.15) is 19.8 Å². The van der Waals surface area contributed by atoms with Crippen molar-refractivity contribution in [1.29, 1.82) is 0 Å². The highest BCUT2D eigenvalue weighted by Gasteiger charge is 2.37. The molecular formula is C8H13NO5. The van der Waals surface area contributed by atoms with E-state index >= 15 is 0 Å². The van der Waals surface area contributed by atoms with Crippen LogP contribution in [0.5, 0.6) is 0 Å². The first-order chi connectivity index (χ1) is 6.54. The highest BCUT2D eigenvalue weighted by molar-refractivity contribution is 5.84. The van der Waals surface area contributed by atoms with E-state index in [9.17, 15) is 9.59 Å². The van der Waals surface area contributed by atoms with Gasteiger partial charge in [0.25, 0.3) is 5.91 Å². The van der Waals surface area contributed by atoms with Gasteiger partial charge >= 0.3 is 5.97 Å². The van der Waals surface area contributed by atoms with E-state index < -0.39 is 24.1 Å². The third-order valence-corrected chi connectivity index (χ3v) is 2.06. The minimum absolute atomic E-state index is 0.434. The van der Waals surface area contributed by atoms with Crippen LogP contribution in [-0.2, 0) is 19.2 Å². The smallest absolute Gasteiger partial charge is 0.332 e. The van der Waals surface area contributed by atoms with Gasteiger partial charge in [-0.1, -0.05) is 0 Å². The number of carboxylic acids is 1. The first-order valence-corrected chi connectivity index (χ1v) is 4.32. The fourth-order valence-electron chi connectivity index (χ4n) is 1.23. The van der Waals surface area contributed by atoms with Gasteiger partial charge in [0, 0.05) is 6.61 Å². The van der Waals surface area contributed by atoms with E-state index in [0.717, 1.165) is 6.42 Å². The lowest BCUT2D eigenvalue weighted by Crippen LogP contribution is -2.44. The molecule has 1 atom stereocenters. The molecule has 1 fully saturated rings. The second kappa shape index (κ2) is 4.39. The molecule has 80 valence electrons. The van der Waals surface area contributed by atoms with E-state index in [1.54, 1.807) is 6.92 Å². The Labute approximate surface area is 81.1 Å². The zero-order valence-corrected chi connectivity index (χ0v) is 7.91. The quantitative estimate of drug-likeness (QED) is 0.612. The molecular weight excluding hydrogens is 190 g/mol. The number of hydrogen-bond donors (Lipinski definition) is 2. The van der Waals surface area contributed by atoms with Crippen LogP contribution in [0.3, 0.4) is 0 Å². The summed E-state index contributed by atoms with van der Waals surface area (Å²) in [6, 6.07) is 0. The number of rotatable bonds is 4. The van der Waals surface area contributed by atoms with Crippen LogP contribution in [-0.4, -0.2) is 35.8 Å². The van der Waals surface area contributed by atoms with Gasteiger partial charge in [0.1, 0.15) is 5.60 Å². The van der Waals surface area contributed by atoms with Gasteiger partial charge in [0.2, 0.25) is 0 Å². The number of hydroxylamine groups is 1. The number of carbonyl (C=O) groups is 2. The molecule has 1 aliphatic heterocycles. The van der Waals surface area contributed by atoms with Gasteiger partial charge in [0.05, 0.1) is 0 Å². The van der Waals surface area contributed by atoms with Gasteiger partial charge in [-0.3, -0.25) is 9.63 Å². The molecule has 0 spiro atoms. The van der Waals surface area contributed by atoms with Crippen LogP contribution >= 0.6 is 0 Å². The Bertz CT molecular complexity index is 234. The molecule has 2 N–H and O–H groups in total. The minimum atomic E-state index is -1.14. The molecule has 0 saturated carbocycles. The van der Waals surface area contributed by atoms with Crippen LogP contribution in [0.4, 0.5) is 0 Å². The summed E-state index contributed by atoms with van der Waals surface area (Å²) in [5, 5.41) is 8.25. The molecule has 14 heavy (non-hydrogen) atoms. The number of nitrogens with one attached hydrogen (secondary N) is 1. The molecule has 1 saturated heterocycles. The molecule has 0 bridgehead atoms. The molecule has 6 heteroatoms. The Morgan fingerprint density at radius 3 is 2.86 bits per heavy atom. The number of aliphatic carboxylic acids is 1. The third-order valence-electron chi connectivity index (χ3n) is 2.06. The SMILES string of the molecule is CC1(C(=O)NOCC(=O)O)CCCO1. The second-order valence-corrected chi connectivity index (χ2v) is 3.30. The van der Waals surface area contributed by atoms with E-state index in [0.29, 0.717) is 13.0 Å². The third kappa shape index (κ3) is 2.68. The van der Waals surface area contributed by atoms with Gasteiger partial charge in [-0.05, 0) is 19.8 Å². The maximum atomic E-state index is 11.4. The van der Waals surface area contributed by atoms with Gasteiger partial charge in [-0.25, -0.2) is 10.3 Å². The molecule has 1 heterocycles. The van der Waals surface area contributed by atoms with Gasteiger partial charge < -0.3 is 9.84 Å². The normalized spacial score (nSPS) is 26.1. The van der Waals surface area contributed by atoms with E-state index in [1.165, 1.54) is 0 Å². The average molecular weight is 203 g/mol. The Morgan fingerprint density at radius 1 is 1.64 bits per heavy atom.